The number of anilines is 1. The van der Waals surface area contributed by atoms with E-state index in [1.54, 1.807) is 19.9 Å². The first-order chi connectivity index (χ1) is 13.8. The summed E-state index contributed by atoms with van der Waals surface area (Å²) in [6.07, 6.45) is 0.756. The van der Waals surface area contributed by atoms with Crippen molar-refractivity contribution in [2.45, 2.75) is 38.1 Å². The lowest BCUT2D eigenvalue weighted by molar-refractivity contribution is -0.118. The second-order valence-electron chi connectivity index (χ2n) is 7.15. The van der Waals surface area contributed by atoms with E-state index < -0.39 is 22.0 Å². The predicted octanol–water partition coefficient (Wildman–Crippen LogP) is 2.96. The maximum absolute atomic E-state index is 12.9. The molecular weight excluding hydrogens is 392 g/mol. The molecule has 29 heavy (non-hydrogen) atoms. The predicted molar refractivity (Wildman–Crippen MR) is 111 cm³/mol. The summed E-state index contributed by atoms with van der Waals surface area (Å²) in [5, 5.41) is 2.86. The molecule has 0 spiro atoms. The van der Waals surface area contributed by atoms with Crippen LogP contribution in [0.2, 0.25) is 0 Å². The van der Waals surface area contributed by atoms with Gasteiger partial charge in [-0.15, -0.1) is 0 Å². The molecule has 2 N–H and O–H groups in total. The van der Waals surface area contributed by atoms with Crippen molar-refractivity contribution < 1.29 is 22.7 Å². The topological polar surface area (TPSA) is 93.7 Å². The number of rotatable bonds is 7. The summed E-state index contributed by atoms with van der Waals surface area (Å²) in [6, 6.07) is 11.0. The van der Waals surface area contributed by atoms with Crippen LogP contribution in [0, 0.1) is 5.92 Å². The summed E-state index contributed by atoms with van der Waals surface area (Å²) in [6.45, 7) is 6.37. The molecule has 1 aliphatic heterocycles. The first-order valence-corrected chi connectivity index (χ1v) is 11.1. The minimum Gasteiger partial charge on any atom is -0.486 e. The van der Waals surface area contributed by atoms with Gasteiger partial charge in [0.2, 0.25) is 15.9 Å². The standard InChI is InChI=1S/C21H26N2O5S/c1-4-15-7-5-6-8-17(15)22-21(24)20(14(2)3)23-29(25,26)16-9-10-18-19(13-16)28-12-11-27-18/h5-10,13-14,20,23H,4,11-12H2,1-3H3,(H,22,24)/t20-/m0/s1. The van der Waals surface area contributed by atoms with Gasteiger partial charge in [-0.1, -0.05) is 39.0 Å². The van der Waals surface area contributed by atoms with Crippen molar-refractivity contribution in [2.24, 2.45) is 5.92 Å². The maximum atomic E-state index is 12.9. The van der Waals surface area contributed by atoms with Crippen LogP contribution in [0.3, 0.4) is 0 Å². The normalized spacial score (nSPS) is 14.5. The fourth-order valence-electron chi connectivity index (χ4n) is 3.08. The number of sulfonamides is 1. The van der Waals surface area contributed by atoms with Crippen molar-refractivity contribution in [3.8, 4) is 11.5 Å². The highest BCUT2D eigenvalue weighted by Gasteiger charge is 2.29. The van der Waals surface area contributed by atoms with E-state index in [0.717, 1.165) is 12.0 Å². The Morgan fingerprint density at radius 2 is 1.76 bits per heavy atom. The molecule has 0 aliphatic carbocycles. The summed E-state index contributed by atoms with van der Waals surface area (Å²) in [4.78, 5) is 12.9. The van der Waals surface area contributed by atoms with E-state index in [9.17, 15) is 13.2 Å². The Morgan fingerprint density at radius 3 is 2.45 bits per heavy atom. The third-order valence-electron chi connectivity index (χ3n) is 4.71. The molecule has 1 amide bonds. The largest absolute Gasteiger partial charge is 0.486 e. The highest BCUT2D eigenvalue weighted by molar-refractivity contribution is 7.89. The van der Waals surface area contributed by atoms with Gasteiger partial charge in [0.15, 0.2) is 11.5 Å². The lowest BCUT2D eigenvalue weighted by atomic mass is 10.0. The van der Waals surface area contributed by atoms with E-state index >= 15 is 0 Å². The third-order valence-corrected chi connectivity index (χ3v) is 6.15. The molecule has 0 fully saturated rings. The van der Waals surface area contributed by atoms with Crippen LogP contribution in [-0.4, -0.2) is 33.6 Å². The number of hydrogen-bond acceptors (Lipinski definition) is 5. The highest BCUT2D eigenvalue weighted by atomic mass is 32.2. The lowest BCUT2D eigenvalue weighted by Gasteiger charge is -2.23. The van der Waals surface area contributed by atoms with E-state index in [1.807, 2.05) is 31.2 Å². The first kappa shape index (κ1) is 21.1. The van der Waals surface area contributed by atoms with Crippen molar-refractivity contribution in [2.75, 3.05) is 18.5 Å². The third kappa shape index (κ3) is 4.89. The highest BCUT2D eigenvalue weighted by Crippen LogP contribution is 2.32. The molecule has 0 saturated carbocycles. The molecule has 2 aromatic carbocycles. The van der Waals surface area contributed by atoms with E-state index in [4.69, 9.17) is 9.47 Å². The quantitative estimate of drug-likeness (QED) is 0.721. The van der Waals surface area contributed by atoms with Crippen molar-refractivity contribution in [1.82, 2.24) is 4.72 Å². The van der Waals surface area contributed by atoms with Crippen LogP contribution in [0.15, 0.2) is 47.4 Å². The van der Waals surface area contributed by atoms with Gasteiger partial charge < -0.3 is 14.8 Å². The monoisotopic (exact) mass is 418 g/mol. The van der Waals surface area contributed by atoms with Crippen LogP contribution in [0.4, 0.5) is 5.69 Å². The molecule has 0 saturated heterocycles. The molecule has 0 unspecified atom stereocenters. The zero-order valence-corrected chi connectivity index (χ0v) is 17.6. The maximum Gasteiger partial charge on any atom is 0.242 e. The van der Waals surface area contributed by atoms with Crippen molar-refractivity contribution in [1.29, 1.82) is 0 Å². The van der Waals surface area contributed by atoms with Gasteiger partial charge in [-0.05, 0) is 36.1 Å². The van der Waals surface area contributed by atoms with Gasteiger partial charge in [-0.3, -0.25) is 4.79 Å². The minimum atomic E-state index is -3.94. The summed E-state index contributed by atoms with van der Waals surface area (Å²) in [5.41, 5.74) is 1.67. The average Bonchev–Trinajstić information content (AvgIpc) is 2.71. The Labute approximate surface area is 171 Å². The first-order valence-electron chi connectivity index (χ1n) is 9.62. The van der Waals surface area contributed by atoms with Crippen molar-refractivity contribution in [3.63, 3.8) is 0 Å². The molecule has 8 heteroatoms. The number of nitrogens with one attached hydrogen (secondary N) is 2. The van der Waals surface area contributed by atoms with E-state index in [0.29, 0.717) is 30.4 Å². The van der Waals surface area contributed by atoms with Gasteiger partial charge in [0.1, 0.15) is 19.3 Å². The summed E-state index contributed by atoms with van der Waals surface area (Å²) in [5.74, 6) is 0.226. The Bertz CT molecular complexity index is 988. The van der Waals surface area contributed by atoms with Crippen LogP contribution in [-0.2, 0) is 21.2 Å². The molecule has 1 atom stereocenters. The van der Waals surface area contributed by atoms with Gasteiger partial charge in [0.25, 0.3) is 0 Å². The summed E-state index contributed by atoms with van der Waals surface area (Å²) in [7, 11) is -3.94. The number of para-hydroxylation sites is 1. The van der Waals surface area contributed by atoms with E-state index in [1.165, 1.54) is 12.1 Å². The number of ether oxygens (including phenoxy) is 2. The Balaban J connectivity index is 1.81. The zero-order chi connectivity index (χ0) is 21.0. The van der Waals surface area contributed by atoms with E-state index in [-0.39, 0.29) is 10.8 Å². The second kappa shape index (κ2) is 8.84. The smallest absolute Gasteiger partial charge is 0.242 e. The lowest BCUT2D eigenvalue weighted by Crippen LogP contribution is -2.47. The Kier molecular flexibility index (Phi) is 6.44. The van der Waals surface area contributed by atoms with Crippen LogP contribution >= 0.6 is 0 Å². The molecule has 156 valence electrons. The number of amides is 1. The van der Waals surface area contributed by atoms with Gasteiger partial charge in [-0.25, -0.2) is 8.42 Å². The number of fused-ring (bicyclic) bond motifs is 1. The SMILES string of the molecule is CCc1ccccc1NC(=O)[C@@H](NS(=O)(=O)c1ccc2c(c1)OCCO2)C(C)C. The van der Waals surface area contributed by atoms with Gasteiger partial charge in [0.05, 0.1) is 4.90 Å². The number of carbonyl (C=O) groups excluding carboxylic acids is 1. The fraction of sp³-hybridized carbons (Fsp3) is 0.381. The summed E-state index contributed by atoms with van der Waals surface area (Å²) < 4.78 is 39.3. The second-order valence-corrected chi connectivity index (χ2v) is 8.86. The van der Waals surface area contributed by atoms with E-state index in [2.05, 4.69) is 10.0 Å². The van der Waals surface area contributed by atoms with Crippen LogP contribution < -0.4 is 19.5 Å². The molecule has 2 aromatic rings. The number of carbonyl (C=O) groups is 1. The Hall–Kier alpha value is -2.58. The van der Waals surface area contributed by atoms with Gasteiger partial charge in [0, 0.05) is 11.8 Å². The molecule has 0 aromatic heterocycles. The zero-order valence-electron chi connectivity index (χ0n) is 16.8. The Morgan fingerprint density at radius 1 is 1.07 bits per heavy atom. The van der Waals surface area contributed by atoms with Gasteiger partial charge >= 0.3 is 0 Å². The minimum absolute atomic E-state index is 0.0224. The molecule has 0 radical (unpaired) electrons. The van der Waals surface area contributed by atoms with Crippen LogP contribution in [0.1, 0.15) is 26.3 Å². The molecule has 1 aliphatic rings. The van der Waals surface area contributed by atoms with Crippen LogP contribution in [0.25, 0.3) is 0 Å². The number of hydrogen-bond donors (Lipinski definition) is 2. The van der Waals surface area contributed by atoms with Gasteiger partial charge in [-0.2, -0.15) is 4.72 Å². The van der Waals surface area contributed by atoms with Crippen LogP contribution in [0.5, 0.6) is 11.5 Å². The molecule has 3 rings (SSSR count). The fourth-order valence-corrected chi connectivity index (χ4v) is 4.44. The molecule has 1 heterocycles. The number of benzene rings is 2. The van der Waals surface area contributed by atoms with Crippen molar-refractivity contribution >= 4 is 21.6 Å². The summed E-state index contributed by atoms with van der Waals surface area (Å²) >= 11 is 0. The van der Waals surface area contributed by atoms with Crippen molar-refractivity contribution in [3.05, 3.63) is 48.0 Å². The number of aryl methyl sites for hydroxylation is 1. The molecule has 0 bridgehead atoms. The molecule has 7 nitrogen and oxygen atoms in total. The average molecular weight is 419 g/mol. The molecular formula is C21H26N2O5S.